The molecule has 0 fully saturated rings. The van der Waals surface area contributed by atoms with E-state index in [-0.39, 0.29) is 0 Å². The molecule has 1 aliphatic heterocycles. The number of azo groups is 1. The van der Waals surface area contributed by atoms with Gasteiger partial charge in [-0.05, 0) is 36.5 Å². The highest BCUT2D eigenvalue weighted by Gasteiger charge is 2.14. The molecule has 0 radical (unpaired) electrons. The zero-order valence-electron chi connectivity index (χ0n) is 8.83. The molecule has 0 saturated carbocycles. The fraction of sp³-hybridized carbons (Fsp3) is 0.500. The quantitative estimate of drug-likeness (QED) is 0.676. The van der Waals surface area contributed by atoms with Gasteiger partial charge in [-0.2, -0.15) is 10.2 Å². The first-order valence-electron chi connectivity index (χ1n) is 5.36. The van der Waals surface area contributed by atoms with E-state index in [2.05, 4.69) is 42.3 Å². The Morgan fingerprint density at radius 3 is 2.93 bits per heavy atom. The van der Waals surface area contributed by atoms with Gasteiger partial charge in [0.15, 0.2) is 0 Å². The van der Waals surface area contributed by atoms with Crippen LogP contribution < -0.4 is 0 Å². The van der Waals surface area contributed by atoms with Gasteiger partial charge in [0.2, 0.25) is 0 Å². The van der Waals surface area contributed by atoms with Crippen molar-refractivity contribution in [1.82, 2.24) is 0 Å². The number of aryl methyl sites for hydroxylation is 1. The van der Waals surface area contributed by atoms with Gasteiger partial charge in [-0.1, -0.05) is 26.0 Å². The third-order valence-electron chi connectivity index (χ3n) is 2.81. The molecule has 0 bridgehead atoms. The van der Waals surface area contributed by atoms with Crippen molar-refractivity contribution in [3.8, 4) is 0 Å². The van der Waals surface area contributed by atoms with E-state index in [0.717, 1.165) is 24.9 Å². The van der Waals surface area contributed by atoms with E-state index >= 15 is 0 Å². The van der Waals surface area contributed by atoms with Crippen LogP contribution >= 0.6 is 0 Å². The molecule has 1 aromatic rings. The summed E-state index contributed by atoms with van der Waals surface area (Å²) in [6, 6.07) is 6.90. The standard InChI is InChI=1S/C12H16N2/c1-3-9-5-6-12-10(7-9)8-11(4-2)13-14-12/h5-7,11H,3-4,8H2,1-2H3. The first kappa shape index (κ1) is 9.38. The van der Waals surface area contributed by atoms with Gasteiger partial charge in [-0.25, -0.2) is 0 Å². The number of hydrogen-bond acceptors (Lipinski definition) is 2. The predicted molar refractivity (Wildman–Crippen MR) is 58.1 cm³/mol. The van der Waals surface area contributed by atoms with E-state index < -0.39 is 0 Å². The van der Waals surface area contributed by atoms with Crippen LogP contribution in [0.25, 0.3) is 0 Å². The van der Waals surface area contributed by atoms with Gasteiger partial charge in [0, 0.05) is 0 Å². The number of hydrogen-bond donors (Lipinski definition) is 0. The molecule has 0 aliphatic carbocycles. The number of rotatable bonds is 2. The van der Waals surface area contributed by atoms with Gasteiger partial charge in [0.25, 0.3) is 0 Å². The molecule has 74 valence electrons. The average Bonchev–Trinajstić information content (AvgIpc) is 2.27. The van der Waals surface area contributed by atoms with Crippen LogP contribution in [0.2, 0.25) is 0 Å². The fourth-order valence-electron chi connectivity index (χ4n) is 1.78. The van der Waals surface area contributed by atoms with Crippen molar-refractivity contribution >= 4 is 5.69 Å². The van der Waals surface area contributed by atoms with Crippen molar-refractivity contribution in [2.24, 2.45) is 10.2 Å². The molecule has 0 amide bonds. The topological polar surface area (TPSA) is 24.7 Å². The second-order valence-corrected chi connectivity index (χ2v) is 3.80. The monoisotopic (exact) mass is 188 g/mol. The first-order valence-corrected chi connectivity index (χ1v) is 5.36. The van der Waals surface area contributed by atoms with Gasteiger partial charge < -0.3 is 0 Å². The zero-order chi connectivity index (χ0) is 9.97. The van der Waals surface area contributed by atoms with Crippen LogP contribution in [0.5, 0.6) is 0 Å². The maximum Gasteiger partial charge on any atom is 0.0885 e. The lowest BCUT2D eigenvalue weighted by Gasteiger charge is -2.16. The zero-order valence-corrected chi connectivity index (χ0v) is 8.83. The van der Waals surface area contributed by atoms with E-state index in [4.69, 9.17) is 0 Å². The second-order valence-electron chi connectivity index (χ2n) is 3.80. The summed E-state index contributed by atoms with van der Waals surface area (Å²) in [6.45, 7) is 4.35. The van der Waals surface area contributed by atoms with Crippen LogP contribution in [-0.2, 0) is 12.8 Å². The molecule has 0 aromatic heterocycles. The Morgan fingerprint density at radius 1 is 1.36 bits per heavy atom. The SMILES string of the molecule is CCc1ccc2c(c1)CC(CC)N=N2. The van der Waals surface area contributed by atoms with Crippen LogP contribution in [0, 0.1) is 0 Å². The molecule has 0 saturated heterocycles. The normalized spacial score (nSPS) is 19.4. The minimum absolute atomic E-state index is 0.398. The van der Waals surface area contributed by atoms with E-state index in [9.17, 15) is 0 Å². The molecule has 2 heteroatoms. The van der Waals surface area contributed by atoms with Gasteiger partial charge >= 0.3 is 0 Å². The molecule has 2 nitrogen and oxygen atoms in total. The van der Waals surface area contributed by atoms with Crippen molar-refractivity contribution in [3.63, 3.8) is 0 Å². The lowest BCUT2D eigenvalue weighted by Crippen LogP contribution is -2.09. The summed E-state index contributed by atoms with van der Waals surface area (Å²) in [4.78, 5) is 0. The summed E-state index contributed by atoms with van der Waals surface area (Å²) in [5, 5.41) is 8.52. The molecule has 1 aromatic carbocycles. The Kier molecular flexibility index (Phi) is 2.62. The summed E-state index contributed by atoms with van der Waals surface area (Å²) in [6.07, 6.45) is 3.24. The van der Waals surface area contributed by atoms with Crippen molar-refractivity contribution in [2.45, 2.75) is 39.2 Å². The van der Waals surface area contributed by atoms with Crippen LogP contribution in [0.1, 0.15) is 31.4 Å². The molecule has 0 spiro atoms. The highest BCUT2D eigenvalue weighted by molar-refractivity contribution is 5.49. The van der Waals surface area contributed by atoms with Crippen LogP contribution in [0.15, 0.2) is 28.4 Å². The van der Waals surface area contributed by atoms with Gasteiger partial charge in [0.1, 0.15) is 0 Å². The predicted octanol–water partition coefficient (Wildman–Crippen LogP) is 3.67. The maximum absolute atomic E-state index is 4.27. The third kappa shape index (κ3) is 1.69. The Bertz CT molecular complexity index is 355. The van der Waals surface area contributed by atoms with Crippen molar-refractivity contribution < 1.29 is 0 Å². The largest absolute Gasteiger partial charge is 0.185 e. The lowest BCUT2D eigenvalue weighted by molar-refractivity contribution is 0.603. The van der Waals surface area contributed by atoms with Crippen molar-refractivity contribution in [2.75, 3.05) is 0 Å². The first-order chi connectivity index (χ1) is 6.83. The maximum atomic E-state index is 4.27. The van der Waals surface area contributed by atoms with E-state index in [1.165, 1.54) is 11.1 Å². The summed E-state index contributed by atoms with van der Waals surface area (Å²) >= 11 is 0. The number of benzene rings is 1. The summed E-state index contributed by atoms with van der Waals surface area (Å²) in [7, 11) is 0. The van der Waals surface area contributed by atoms with Crippen LogP contribution in [0.4, 0.5) is 5.69 Å². The minimum Gasteiger partial charge on any atom is -0.185 e. The highest BCUT2D eigenvalue weighted by Crippen LogP contribution is 2.28. The fourth-order valence-corrected chi connectivity index (χ4v) is 1.78. The molecule has 1 unspecified atom stereocenters. The number of nitrogens with zero attached hydrogens (tertiary/aromatic N) is 2. The number of fused-ring (bicyclic) bond motifs is 1. The van der Waals surface area contributed by atoms with Gasteiger partial charge in [-0.15, -0.1) is 0 Å². The highest BCUT2D eigenvalue weighted by atomic mass is 15.1. The van der Waals surface area contributed by atoms with Crippen LogP contribution in [-0.4, -0.2) is 6.04 Å². The molecule has 14 heavy (non-hydrogen) atoms. The summed E-state index contributed by atoms with van der Waals surface area (Å²) in [5.74, 6) is 0. The molecular weight excluding hydrogens is 172 g/mol. The van der Waals surface area contributed by atoms with Crippen molar-refractivity contribution in [1.29, 1.82) is 0 Å². The summed E-state index contributed by atoms with van der Waals surface area (Å²) < 4.78 is 0. The Morgan fingerprint density at radius 2 is 2.21 bits per heavy atom. The Balaban J connectivity index is 2.32. The second kappa shape index (κ2) is 3.91. The molecule has 0 N–H and O–H groups in total. The van der Waals surface area contributed by atoms with E-state index in [1.54, 1.807) is 0 Å². The van der Waals surface area contributed by atoms with Gasteiger partial charge in [0.05, 0.1) is 11.7 Å². The molecular formula is C12H16N2. The van der Waals surface area contributed by atoms with Gasteiger partial charge in [-0.3, -0.25) is 0 Å². The van der Waals surface area contributed by atoms with E-state index in [1.807, 2.05) is 0 Å². The smallest absolute Gasteiger partial charge is 0.0885 e. The Hall–Kier alpha value is -1.18. The molecule has 1 aliphatic rings. The molecule has 1 heterocycles. The minimum atomic E-state index is 0.398. The molecule has 2 rings (SSSR count). The van der Waals surface area contributed by atoms with Crippen LogP contribution in [0.3, 0.4) is 0 Å². The summed E-state index contributed by atoms with van der Waals surface area (Å²) in [5.41, 5.74) is 3.83. The Labute approximate surface area is 85.1 Å². The van der Waals surface area contributed by atoms with E-state index in [0.29, 0.717) is 6.04 Å². The lowest BCUT2D eigenvalue weighted by atomic mass is 9.99. The molecule has 1 atom stereocenters. The third-order valence-corrected chi connectivity index (χ3v) is 2.81. The average molecular weight is 188 g/mol. The van der Waals surface area contributed by atoms with Crippen molar-refractivity contribution in [3.05, 3.63) is 29.3 Å².